The first-order chi connectivity index (χ1) is 14.0. The molecule has 1 spiro atoms. The van der Waals surface area contributed by atoms with Crippen molar-refractivity contribution in [2.45, 2.75) is 19.8 Å². The zero-order chi connectivity index (χ0) is 20.0. The first-order valence-electron chi connectivity index (χ1n) is 10.0. The molecule has 2 fully saturated rings. The predicted molar refractivity (Wildman–Crippen MR) is 113 cm³/mol. The topological polar surface area (TPSA) is 53.5 Å². The molecular formula is C24H23N3O2. The van der Waals surface area contributed by atoms with Gasteiger partial charge in [-0.15, -0.1) is 0 Å². The molecule has 2 saturated heterocycles. The number of aromatic nitrogens is 1. The van der Waals surface area contributed by atoms with Crippen molar-refractivity contribution in [2.24, 2.45) is 5.41 Å². The molecule has 5 rings (SSSR count). The van der Waals surface area contributed by atoms with Crippen LogP contribution in [0.4, 0.5) is 5.69 Å². The van der Waals surface area contributed by atoms with Crippen LogP contribution >= 0.6 is 0 Å². The van der Waals surface area contributed by atoms with Gasteiger partial charge in [0.2, 0.25) is 5.91 Å². The van der Waals surface area contributed by atoms with Crippen molar-refractivity contribution in [3.8, 4) is 0 Å². The molecule has 0 aliphatic carbocycles. The quantitative estimate of drug-likeness (QED) is 0.674. The van der Waals surface area contributed by atoms with Crippen LogP contribution in [0.3, 0.4) is 0 Å². The second-order valence-corrected chi connectivity index (χ2v) is 8.35. The van der Waals surface area contributed by atoms with Crippen LogP contribution in [-0.2, 0) is 4.79 Å². The number of carbonyl (C=O) groups is 2. The first-order valence-corrected chi connectivity index (χ1v) is 10.0. The van der Waals surface area contributed by atoms with Crippen molar-refractivity contribution < 1.29 is 9.59 Å². The number of likely N-dealkylation sites (tertiary alicyclic amines) is 1. The third kappa shape index (κ3) is 3.07. The third-order valence-corrected chi connectivity index (χ3v) is 6.26. The van der Waals surface area contributed by atoms with Crippen LogP contribution in [0.2, 0.25) is 0 Å². The molecule has 3 heterocycles. The number of anilines is 1. The molecule has 2 aliphatic rings. The number of fused-ring (bicyclic) bond motifs is 1. The first kappa shape index (κ1) is 17.9. The Labute approximate surface area is 170 Å². The Morgan fingerprint density at radius 2 is 1.83 bits per heavy atom. The Balaban J connectivity index is 1.37. The van der Waals surface area contributed by atoms with E-state index in [0.717, 1.165) is 23.0 Å². The Hall–Kier alpha value is -3.21. The summed E-state index contributed by atoms with van der Waals surface area (Å²) in [6.07, 6.45) is 3.07. The fourth-order valence-electron chi connectivity index (χ4n) is 4.68. The molecule has 2 aliphatic heterocycles. The molecule has 0 unspecified atom stereocenters. The van der Waals surface area contributed by atoms with Gasteiger partial charge in [0, 0.05) is 48.7 Å². The van der Waals surface area contributed by atoms with E-state index < -0.39 is 0 Å². The monoisotopic (exact) mass is 385 g/mol. The second-order valence-electron chi connectivity index (χ2n) is 8.35. The summed E-state index contributed by atoms with van der Waals surface area (Å²) in [6, 6.07) is 17.7. The highest BCUT2D eigenvalue weighted by Crippen LogP contribution is 2.42. The van der Waals surface area contributed by atoms with E-state index in [2.05, 4.69) is 4.98 Å². The fraction of sp³-hybridized carbons (Fsp3) is 0.292. The van der Waals surface area contributed by atoms with Gasteiger partial charge in [0.25, 0.3) is 5.91 Å². The molecule has 5 nitrogen and oxygen atoms in total. The van der Waals surface area contributed by atoms with Crippen molar-refractivity contribution in [3.05, 3.63) is 71.9 Å². The largest absolute Gasteiger partial charge is 0.338 e. The number of hydrogen-bond donors (Lipinski definition) is 0. The molecule has 146 valence electrons. The number of carbonyl (C=O) groups excluding carboxylic acids is 2. The Morgan fingerprint density at radius 1 is 1.03 bits per heavy atom. The number of nitrogens with zero attached hydrogens (tertiary/aromatic N) is 3. The van der Waals surface area contributed by atoms with Gasteiger partial charge in [0.15, 0.2) is 0 Å². The van der Waals surface area contributed by atoms with E-state index >= 15 is 0 Å². The number of benzene rings is 2. The zero-order valence-corrected chi connectivity index (χ0v) is 16.5. The number of para-hydroxylation sites is 1. The van der Waals surface area contributed by atoms with Gasteiger partial charge in [-0.2, -0.15) is 0 Å². The van der Waals surface area contributed by atoms with Crippen molar-refractivity contribution in [1.82, 2.24) is 9.88 Å². The lowest BCUT2D eigenvalue weighted by atomic mass is 9.86. The van der Waals surface area contributed by atoms with E-state index in [1.165, 1.54) is 5.56 Å². The van der Waals surface area contributed by atoms with Crippen LogP contribution in [-0.4, -0.2) is 41.3 Å². The van der Waals surface area contributed by atoms with Gasteiger partial charge in [-0.3, -0.25) is 14.6 Å². The van der Waals surface area contributed by atoms with E-state index in [1.54, 1.807) is 6.20 Å². The molecule has 0 N–H and O–H groups in total. The van der Waals surface area contributed by atoms with E-state index in [9.17, 15) is 9.59 Å². The highest BCUT2D eigenvalue weighted by atomic mass is 16.2. The van der Waals surface area contributed by atoms with Crippen LogP contribution in [0.15, 0.2) is 60.8 Å². The molecule has 0 bridgehead atoms. The summed E-state index contributed by atoms with van der Waals surface area (Å²) in [6.45, 7) is 4.01. The normalized spacial score (nSPS) is 21.5. The average Bonchev–Trinajstić information content (AvgIpc) is 3.30. The van der Waals surface area contributed by atoms with Crippen molar-refractivity contribution in [3.63, 3.8) is 0 Å². The molecular weight excluding hydrogens is 362 g/mol. The smallest absolute Gasteiger partial charge is 0.256 e. The second kappa shape index (κ2) is 6.69. The molecule has 0 saturated carbocycles. The van der Waals surface area contributed by atoms with Gasteiger partial charge in [-0.25, -0.2) is 0 Å². The number of hydrogen-bond acceptors (Lipinski definition) is 3. The minimum absolute atomic E-state index is 0.00686. The number of rotatable bonds is 2. The van der Waals surface area contributed by atoms with E-state index in [4.69, 9.17) is 0 Å². The van der Waals surface area contributed by atoms with Crippen molar-refractivity contribution in [1.29, 1.82) is 0 Å². The van der Waals surface area contributed by atoms with E-state index in [1.807, 2.05) is 71.3 Å². The maximum atomic E-state index is 13.3. The summed E-state index contributed by atoms with van der Waals surface area (Å²) < 4.78 is 0. The van der Waals surface area contributed by atoms with Gasteiger partial charge >= 0.3 is 0 Å². The minimum atomic E-state index is -0.157. The number of amides is 2. The molecule has 1 aromatic heterocycles. The van der Waals surface area contributed by atoms with Crippen LogP contribution in [0.5, 0.6) is 0 Å². The van der Waals surface area contributed by atoms with Gasteiger partial charge in [0.1, 0.15) is 0 Å². The standard InChI is InChI=1S/C24H23N3O2/c1-17-7-9-19(10-8-17)27-16-24(14-21(27)28)11-13-26(15-24)23(29)20-6-2-4-18-5-3-12-25-22(18)20/h2-10,12H,11,13-16H2,1H3/t24-/m0/s1. The summed E-state index contributed by atoms with van der Waals surface area (Å²) >= 11 is 0. The highest BCUT2D eigenvalue weighted by Gasteiger charge is 2.49. The molecule has 1 atom stereocenters. The van der Waals surface area contributed by atoms with E-state index in [-0.39, 0.29) is 17.2 Å². The summed E-state index contributed by atoms with van der Waals surface area (Å²) in [4.78, 5) is 34.2. The third-order valence-electron chi connectivity index (χ3n) is 6.26. The maximum Gasteiger partial charge on any atom is 0.256 e. The summed E-state index contributed by atoms with van der Waals surface area (Å²) in [5.74, 6) is 0.155. The molecule has 0 radical (unpaired) electrons. The number of aryl methyl sites for hydroxylation is 1. The summed E-state index contributed by atoms with van der Waals surface area (Å²) in [7, 11) is 0. The lowest BCUT2D eigenvalue weighted by Gasteiger charge is -2.24. The molecule has 2 aromatic carbocycles. The van der Waals surface area contributed by atoms with Gasteiger partial charge in [-0.05, 0) is 37.6 Å². The molecule has 29 heavy (non-hydrogen) atoms. The molecule has 5 heteroatoms. The van der Waals surface area contributed by atoms with Crippen molar-refractivity contribution in [2.75, 3.05) is 24.5 Å². The van der Waals surface area contributed by atoms with Gasteiger partial charge < -0.3 is 9.80 Å². The number of pyridine rings is 1. The highest BCUT2D eigenvalue weighted by molar-refractivity contribution is 6.05. The lowest BCUT2D eigenvalue weighted by Crippen LogP contribution is -2.34. The summed E-state index contributed by atoms with van der Waals surface area (Å²) in [5, 5.41) is 0.967. The molecule has 3 aromatic rings. The Bertz CT molecular complexity index is 1100. The average molecular weight is 385 g/mol. The SMILES string of the molecule is Cc1ccc(N2C[C@@]3(CCN(C(=O)c4cccc5cccnc45)C3)CC2=O)cc1. The molecule has 2 amide bonds. The lowest BCUT2D eigenvalue weighted by molar-refractivity contribution is -0.117. The van der Waals surface area contributed by atoms with Gasteiger partial charge in [0.05, 0.1) is 11.1 Å². The summed E-state index contributed by atoms with van der Waals surface area (Å²) in [5.41, 5.74) is 3.34. The Morgan fingerprint density at radius 3 is 2.66 bits per heavy atom. The van der Waals surface area contributed by atoms with Crippen LogP contribution in [0.1, 0.15) is 28.8 Å². The maximum absolute atomic E-state index is 13.3. The zero-order valence-electron chi connectivity index (χ0n) is 16.5. The minimum Gasteiger partial charge on any atom is -0.338 e. The van der Waals surface area contributed by atoms with Crippen molar-refractivity contribution >= 4 is 28.4 Å². The Kier molecular flexibility index (Phi) is 4.12. The van der Waals surface area contributed by atoms with Crippen LogP contribution in [0.25, 0.3) is 10.9 Å². The van der Waals surface area contributed by atoms with Crippen LogP contribution in [0, 0.1) is 12.3 Å². The fourth-order valence-corrected chi connectivity index (χ4v) is 4.68. The van der Waals surface area contributed by atoms with E-state index in [0.29, 0.717) is 31.6 Å². The predicted octanol–water partition coefficient (Wildman–Crippen LogP) is 3.81. The van der Waals surface area contributed by atoms with Gasteiger partial charge in [-0.1, -0.05) is 35.9 Å². The van der Waals surface area contributed by atoms with Crippen LogP contribution < -0.4 is 4.90 Å².